The first-order valence-electron chi connectivity index (χ1n) is 4.02. The number of Topliss-reactive ketones (excluding diaryl/α,β-unsaturated/α-hetero) is 1. The van der Waals surface area contributed by atoms with Crippen molar-refractivity contribution < 1.29 is 9.90 Å². The number of ketones is 1. The molecule has 60 valence electrons. The number of allylic oxidation sites excluding steroid dienone is 1. The molecule has 0 aromatic heterocycles. The van der Waals surface area contributed by atoms with Gasteiger partial charge in [-0.25, -0.2) is 0 Å². The van der Waals surface area contributed by atoms with E-state index in [-0.39, 0.29) is 5.78 Å². The summed E-state index contributed by atoms with van der Waals surface area (Å²) in [4.78, 5) is 11.4. The van der Waals surface area contributed by atoms with E-state index < -0.39 is 11.0 Å². The van der Waals surface area contributed by atoms with Gasteiger partial charge in [-0.2, -0.15) is 0 Å². The van der Waals surface area contributed by atoms with E-state index in [9.17, 15) is 9.90 Å². The molecule has 1 saturated carbocycles. The molecule has 2 atom stereocenters. The molecule has 0 heterocycles. The summed E-state index contributed by atoms with van der Waals surface area (Å²) in [6.07, 6.45) is 5.56. The van der Waals surface area contributed by atoms with E-state index in [1.54, 1.807) is 6.08 Å². The summed E-state index contributed by atoms with van der Waals surface area (Å²) in [5.74, 6) is 0.213. The first-order valence-corrected chi connectivity index (χ1v) is 4.02. The Morgan fingerprint density at radius 1 is 1.64 bits per heavy atom. The highest BCUT2D eigenvalue weighted by Crippen LogP contribution is 2.50. The van der Waals surface area contributed by atoms with Crippen molar-refractivity contribution in [3.63, 3.8) is 0 Å². The molecule has 1 N–H and O–H groups in total. The van der Waals surface area contributed by atoms with Crippen LogP contribution in [-0.4, -0.2) is 16.5 Å². The fraction of sp³-hybridized carbons (Fsp3) is 0.667. The van der Waals surface area contributed by atoms with Crippen molar-refractivity contribution in [3.05, 3.63) is 12.2 Å². The zero-order valence-corrected chi connectivity index (χ0v) is 6.63. The van der Waals surface area contributed by atoms with Gasteiger partial charge in [-0.05, 0) is 19.8 Å². The van der Waals surface area contributed by atoms with Crippen molar-refractivity contribution in [1.82, 2.24) is 0 Å². The van der Waals surface area contributed by atoms with Gasteiger partial charge >= 0.3 is 0 Å². The SMILES string of the molecule is C[C@]12CC=C[C@@]1(O)CCC2=O. The Morgan fingerprint density at radius 3 is 3.00 bits per heavy atom. The monoisotopic (exact) mass is 152 g/mol. The lowest BCUT2D eigenvalue weighted by molar-refractivity contribution is -0.130. The lowest BCUT2D eigenvalue weighted by Crippen LogP contribution is -2.40. The van der Waals surface area contributed by atoms with Crippen molar-refractivity contribution in [2.45, 2.75) is 31.8 Å². The fourth-order valence-corrected chi connectivity index (χ4v) is 2.14. The quantitative estimate of drug-likeness (QED) is 0.527. The number of fused-ring (bicyclic) bond motifs is 1. The van der Waals surface area contributed by atoms with Crippen LogP contribution in [0.1, 0.15) is 26.2 Å². The topological polar surface area (TPSA) is 37.3 Å². The maximum absolute atomic E-state index is 11.4. The van der Waals surface area contributed by atoms with Crippen molar-refractivity contribution in [2.24, 2.45) is 5.41 Å². The minimum Gasteiger partial charge on any atom is -0.385 e. The normalized spacial score (nSPS) is 48.4. The number of hydrogen-bond donors (Lipinski definition) is 1. The lowest BCUT2D eigenvalue weighted by Gasteiger charge is -2.30. The molecule has 0 radical (unpaired) electrons. The third-order valence-electron chi connectivity index (χ3n) is 3.22. The molecule has 0 aliphatic heterocycles. The fourth-order valence-electron chi connectivity index (χ4n) is 2.14. The van der Waals surface area contributed by atoms with Crippen LogP contribution < -0.4 is 0 Å². The van der Waals surface area contributed by atoms with E-state index in [2.05, 4.69) is 0 Å². The smallest absolute Gasteiger partial charge is 0.142 e. The molecule has 0 aromatic carbocycles. The van der Waals surface area contributed by atoms with Gasteiger partial charge in [0, 0.05) is 6.42 Å². The van der Waals surface area contributed by atoms with Crippen LogP contribution in [0.25, 0.3) is 0 Å². The molecule has 0 saturated heterocycles. The summed E-state index contributed by atoms with van der Waals surface area (Å²) < 4.78 is 0. The summed E-state index contributed by atoms with van der Waals surface area (Å²) >= 11 is 0. The molecule has 2 rings (SSSR count). The third kappa shape index (κ3) is 0.632. The second kappa shape index (κ2) is 1.75. The Bertz CT molecular complexity index is 244. The summed E-state index contributed by atoms with van der Waals surface area (Å²) in [5.41, 5.74) is -1.31. The maximum Gasteiger partial charge on any atom is 0.142 e. The third-order valence-corrected chi connectivity index (χ3v) is 3.22. The Labute approximate surface area is 65.9 Å². The van der Waals surface area contributed by atoms with Crippen LogP contribution in [0.2, 0.25) is 0 Å². The van der Waals surface area contributed by atoms with E-state index in [1.807, 2.05) is 13.0 Å². The van der Waals surface area contributed by atoms with Gasteiger partial charge < -0.3 is 5.11 Å². The van der Waals surface area contributed by atoms with Gasteiger partial charge in [0.2, 0.25) is 0 Å². The standard InChI is InChI=1S/C9H12O2/c1-8-4-2-5-9(8,11)6-3-7(8)10/h2,5,11H,3-4,6H2,1H3/t8-,9-/m1/s1. The van der Waals surface area contributed by atoms with Crippen molar-refractivity contribution >= 4 is 5.78 Å². The predicted molar refractivity (Wildman–Crippen MR) is 41.1 cm³/mol. The van der Waals surface area contributed by atoms with Gasteiger partial charge in [0.25, 0.3) is 0 Å². The first kappa shape index (κ1) is 7.04. The number of aliphatic hydroxyl groups is 1. The van der Waals surface area contributed by atoms with Gasteiger partial charge in [-0.1, -0.05) is 12.2 Å². The molecule has 0 unspecified atom stereocenters. The highest BCUT2D eigenvalue weighted by molar-refractivity contribution is 5.89. The molecular weight excluding hydrogens is 140 g/mol. The van der Waals surface area contributed by atoms with Gasteiger partial charge in [-0.3, -0.25) is 4.79 Å². The Kier molecular flexibility index (Phi) is 1.12. The molecule has 2 heteroatoms. The Balaban J connectivity index is 2.46. The zero-order valence-electron chi connectivity index (χ0n) is 6.63. The minimum atomic E-state index is -0.815. The van der Waals surface area contributed by atoms with Crippen LogP contribution in [0.15, 0.2) is 12.2 Å². The maximum atomic E-state index is 11.4. The van der Waals surface area contributed by atoms with Gasteiger partial charge in [-0.15, -0.1) is 0 Å². The summed E-state index contributed by atoms with van der Waals surface area (Å²) in [6, 6.07) is 0. The largest absolute Gasteiger partial charge is 0.385 e. The number of hydrogen-bond acceptors (Lipinski definition) is 2. The van der Waals surface area contributed by atoms with E-state index in [4.69, 9.17) is 0 Å². The minimum absolute atomic E-state index is 0.213. The Hall–Kier alpha value is -0.630. The lowest BCUT2D eigenvalue weighted by atomic mass is 9.78. The van der Waals surface area contributed by atoms with E-state index in [0.717, 1.165) is 0 Å². The molecule has 0 aromatic rings. The van der Waals surface area contributed by atoms with E-state index >= 15 is 0 Å². The molecular formula is C9H12O2. The first-order chi connectivity index (χ1) is 5.08. The molecule has 0 spiro atoms. The molecule has 0 bridgehead atoms. The van der Waals surface area contributed by atoms with Crippen molar-refractivity contribution in [2.75, 3.05) is 0 Å². The molecule has 0 amide bonds. The molecule has 11 heavy (non-hydrogen) atoms. The summed E-state index contributed by atoms with van der Waals surface area (Å²) in [7, 11) is 0. The van der Waals surface area contributed by atoms with Gasteiger partial charge in [0.15, 0.2) is 0 Å². The van der Waals surface area contributed by atoms with Crippen LogP contribution >= 0.6 is 0 Å². The van der Waals surface area contributed by atoms with Crippen LogP contribution in [-0.2, 0) is 4.79 Å². The average molecular weight is 152 g/mol. The molecule has 2 aliphatic rings. The van der Waals surface area contributed by atoms with E-state index in [1.165, 1.54) is 0 Å². The number of carbonyl (C=O) groups excluding carboxylic acids is 1. The molecule has 2 nitrogen and oxygen atoms in total. The van der Waals surface area contributed by atoms with Crippen molar-refractivity contribution in [3.8, 4) is 0 Å². The number of carbonyl (C=O) groups is 1. The second-order valence-corrected chi connectivity index (χ2v) is 3.79. The average Bonchev–Trinajstić information content (AvgIpc) is 2.34. The van der Waals surface area contributed by atoms with Crippen molar-refractivity contribution in [1.29, 1.82) is 0 Å². The zero-order chi connectivity index (χ0) is 8.11. The summed E-state index contributed by atoms with van der Waals surface area (Å²) in [5, 5.41) is 9.95. The van der Waals surface area contributed by atoms with Crippen LogP contribution in [0, 0.1) is 5.41 Å². The van der Waals surface area contributed by atoms with Crippen LogP contribution in [0.3, 0.4) is 0 Å². The highest BCUT2D eigenvalue weighted by Gasteiger charge is 2.56. The predicted octanol–water partition coefficient (Wildman–Crippen LogP) is 1.05. The second-order valence-electron chi connectivity index (χ2n) is 3.79. The summed E-state index contributed by atoms with van der Waals surface area (Å²) in [6.45, 7) is 1.86. The Morgan fingerprint density at radius 2 is 2.36 bits per heavy atom. The molecule has 2 aliphatic carbocycles. The van der Waals surface area contributed by atoms with E-state index in [0.29, 0.717) is 19.3 Å². The highest BCUT2D eigenvalue weighted by atomic mass is 16.3. The molecule has 1 fully saturated rings. The van der Waals surface area contributed by atoms with Crippen LogP contribution in [0.4, 0.5) is 0 Å². The van der Waals surface area contributed by atoms with Crippen LogP contribution in [0.5, 0.6) is 0 Å². The number of rotatable bonds is 0. The van der Waals surface area contributed by atoms with Gasteiger partial charge in [0.1, 0.15) is 5.78 Å². The van der Waals surface area contributed by atoms with Gasteiger partial charge in [0.05, 0.1) is 11.0 Å².